The lowest BCUT2D eigenvalue weighted by Gasteiger charge is -2.16. The van der Waals surface area contributed by atoms with Crippen LogP contribution in [0.5, 0.6) is 0 Å². The van der Waals surface area contributed by atoms with Gasteiger partial charge in [0.2, 0.25) is 0 Å². The maximum atomic E-state index is 13.2. The quantitative estimate of drug-likeness (QED) is 0.812. The molecule has 1 aromatic carbocycles. The molecule has 1 saturated heterocycles. The number of hydrogen-bond acceptors (Lipinski definition) is 3. The molecule has 0 N–H and O–H groups in total. The summed E-state index contributed by atoms with van der Waals surface area (Å²) < 4.78 is 13.2. The van der Waals surface area contributed by atoms with Gasteiger partial charge in [0.15, 0.2) is 0 Å². The second-order valence-corrected chi connectivity index (χ2v) is 4.71. The second kappa shape index (κ2) is 5.32. The zero-order valence-corrected chi connectivity index (χ0v) is 11.1. The first-order valence-corrected chi connectivity index (χ1v) is 6.41. The van der Waals surface area contributed by atoms with E-state index in [9.17, 15) is 14.0 Å². The molecule has 106 valence electrons. The number of aromatic nitrogens is 1. The Morgan fingerprint density at radius 2 is 1.90 bits per heavy atom. The van der Waals surface area contributed by atoms with Gasteiger partial charge in [0, 0.05) is 12.6 Å². The summed E-state index contributed by atoms with van der Waals surface area (Å²) in [4.78, 5) is 30.4. The van der Waals surface area contributed by atoms with Crippen LogP contribution in [-0.2, 0) is 11.3 Å². The van der Waals surface area contributed by atoms with Crippen molar-refractivity contribution in [2.75, 3.05) is 11.4 Å². The molecular weight excluding hydrogens is 273 g/mol. The van der Waals surface area contributed by atoms with Crippen LogP contribution >= 0.6 is 0 Å². The van der Waals surface area contributed by atoms with Gasteiger partial charge < -0.3 is 4.90 Å². The van der Waals surface area contributed by atoms with Crippen molar-refractivity contribution in [3.8, 4) is 0 Å². The van der Waals surface area contributed by atoms with Gasteiger partial charge in [0.25, 0.3) is 5.91 Å². The highest BCUT2D eigenvalue weighted by Crippen LogP contribution is 2.22. The molecule has 3 rings (SSSR count). The third kappa shape index (κ3) is 2.60. The van der Waals surface area contributed by atoms with E-state index in [-0.39, 0.29) is 18.1 Å². The molecule has 0 bridgehead atoms. The molecule has 3 amide bonds. The average Bonchev–Trinajstić information content (AvgIpc) is 2.74. The van der Waals surface area contributed by atoms with Crippen molar-refractivity contribution in [2.45, 2.75) is 6.54 Å². The van der Waals surface area contributed by atoms with Gasteiger partial charge in [-0.1, -0.05) is 30.3 Å². The highest BCUT2D eigenvalue weighted by molar-refractivity contribution is 6.19. The van der Waals surface area contributed by atoms with Crippen LogP contribution in [-0.4, -0.2) is 28.4 Å². The van der Waals surface area contributed by atoms with Gasteiger partial charge in [-0.15, -0.1) is 0 Å². The van der Waals surface area contributed by atoms with Gasteiger partial charge in [-0.25, -0.2) is 14.1 Å². The van der Waals surface area contributed by atoms with E-state index in [0.29, 0.717) is 6.54 Å². The molecule has 1 fully saturated rings. The molecule has 0 unspecified atom stereocenters. The molecule has 0 radical (unpaired) electrons. The number of rotatable bonds is 3. The van der Waals surface area contributed by atoms with Crippen molar-refractivity contribution in [1.82, 2.24) is 9.88 Å². The topological polar surface area (TPSA) is 53.5 Å². The molecular formula is C15H12FN3O2. The molecule has 1 aliphatic rings. The van der Waals surface area contributed by atoms with E-state index >= 15 is 0 Å². The molecule has 2 aromatic rings. The smallest absolute Gasteiger partial charge is 0.310 e. The van der Waals surface area contributed by atoms with Crippen molar-refractivity contribution in [3.05, 3.63) is 60.2 Å². The minimum Gasteiger partial charge on any atom is -0.310 e. The van der Waals surface area contributed by atoms with Crippen LogP contribution in [0.4, 0.5) is 14.9 Å². The van der Waals surface area contributed by atoms with E-state index in [0.717, 1.165) is 22.7 Å². The van der Waals surface area contributed by atoms with Crippen molar-refractivity contribution in [1.29, 1.82) is 0 Å². The van der Waals surface area contributed by atoms with Crippen LogP contribution in [0.1, 0.15) is 5.56 Å². The van der Waals surface area contributed by atoms with E-state index < -0.39 is 11.8 Å². The van der Waals surface area contributed by atoms with Gasteiger partial charge in [0.1, 0.15) is 12.4 Å². The molecule has 0 atom stereocenters. The van der Waals surface area contributed by atoms with Gasteiger partial charge in [-0.3, -0.25) is 9.78 Å². The fraction of sp³-hybridized carbons (Fsp3) is 0.133. The molecule has 1 aliphatic heterocycles. The van der Waals surface area contributed by atoms with E-state index in [1.54, 1.807) is 0 Å². The normalized spacial score (nSPS) is 14.9. The standard InChI is InChI=1S/C15H12FN3O2/c16-12-6-13(8-17-7-12)19-14(20)10-18(15(19)21)9-11-4-2-1-3-5-11/h1-8H,9-10H2. The molecule has 0 aliphatic carbocycles. The molecule has 2 heterocycles. The van der Waals surface area contributed by atoms with E-state index in [4.69, 9.17) is 0 Å². The third-order valence-electron chi connectivity index (χ3n) is 3.20. The summed E-state index contributed by atoms with van der Waals surface area (Å²) in [6.45, 7) is 0.314. The molecule has 6 heteroatoms. The summed E-state index contributed by atoms with van der Waals surface area (Å²) in [6, 6.07) is 10.0. The zero-order chi connectivity index (χ0) is 14.8. The summed E-state index contributed by atoms with van der Waals surface area (Å²) >= 11 is 0. The van der Waals surface area contributed by atoms with E-state index in [1.807, 2.05) is 30.3 Å². The minimum atomic E-state index is -0.588. The fourth-order valence-electron chi connectivity index (χ4n) is 2.25. The number of urea groups is 1. The summed E-state index contributed by atoms with van der Waals surface area (Å²) in [6.07, 6.45) is 2.32. The lowest BCUT2D eigenvalue weighted by atomic mass is 10.2. The number of carbonyl (C=O) groups is 2. The van der Waals surface area contributed by atoms with Crippen molar-refractivity contribution < 1.29 is 14.0 Å². The Labute approximate surface area is 120 Å². The number of pyridine rings is 1. The number of hydrogen-bond donors (Lipinski definition) is 0. The molecule has 1 aromatic heterocycles. The van der Waals surface area contributed by atoms with Crippen LogP contribution < -0.4 is 4.90 Å². The van der Waals surface area contributed by atoms with Crippen molar-refractivity contribution in [2.24, 2.45) is 0 Å². The fourth-order valence-corrected chi connectivity index (χ4v) is 2.25. The first-order valence-electron chi connectivity index (χ1n) is 6.41. The lowest BCUT2D eigenvalue weighted by molar-refractivity contribution is -0.116. The Morgan fingerprint density at radius 3 is 2.62 bits per heavy atom. The Balaban J connectivity index is 1.82. The van der Waals surface area contributed by atoms with Crippen LogP contribution in [0.2, 0.25) is 0 Å². The molecule has 21 heavy (non-hydrogen) atoms. The maximum absolute atomic E-state index is 13.2. The Bertz CT molecular complexity index is 690. The van der Waals surface area contributed by atoms with Gasteiger partial charge in [-0.05, 0) is 5.56 Å². The monoisotopic (exact) mass is 285 g/mol. The van der Waals surface area contributed by atoms with E-state index in [2.05, 4.69) is 4.98 Å². The maximum Gasteiger partial charge on any atom is 0.332 e. The Hall–Kier alpha value is -2.76. The highest BCUT2D eigenvalue weighted by Gasteiger charge is 2.37. The van der Waals surface area contributed by atoms with Crippen molar-refractivity contribution >= 4 is 17.6 Å². The van der Waals surface area contributed by atoms with Gasteiger partial charge in [-0.2, -0.15) is 0 Å². The molecule has 5 nitrogen and oxygen atoms in total. The van der Waals surface area contributed by atoms with Crippen LogP contribution in [0.3, 0.4) is 0 Å². The number of carbonyl (C=O) groups excluding carboxylic acids is 2. The van der Waals surface area contributed by atoms with Crippen molar-refractivity contribution in [3.63, 3.8) is 0 Å². The second-order valence-electron chi connectivity index (χ2n) is 4.71. The zero-order valence-electron chi connectivity index (χ0n) is 11.1. The third-order valence-corrected chi connectivity index (χ3v) is 3.20. The predicted octanol–water partition coefficient (Wildman–Crippen LogP) is 2.19. The molecule has 0 spiro atoms. The van der Waals surface area contributed by atoms with Gasteiger partial charge >= 0.3 is 6.03 Å². The summed E-state index contributed by atoms with van der Waals surface area (Å²) in [7, 11) is 0. The summed E-state index contributed by atoms with van der Waals surface area (Å²) in [5.41, 5.74) is 1.08. The number of nitrogens with zero attached hydrogens (tertiary/aromatic N) is 3. The first kappa shape index (κ1) is 13.2. The van der Waals surface area contributed by atoms with Gasteiger partial charge in [0.05, 0.1) is 18.1 Å². The number of benzene rings is 1. The SMILES string of the molecule is O=C1CN(Cc2ccccc2)C(=O)N1c1cncc(F)c1. The average molecular weight is 285 g/mol. The number of halogens is 1. The first-order chi connectivity index (χ1) is 10.1. The predicted molar refractivity (Wildman–Crippen MR) is 73.9 cm³/mol. The number of imide groups is 1. The summed E-state index contributed by atoms with van der Waals surface area (Å²) in [5, 5.41) is 0. The summed E-state index contributed by atoms with van der Waals surface area (Å²) in [5.74, 6) is -0.974. The van der Waals surface area contributed by atoms with Crippen LogP contribution in [0.25, 0.3) is 0 Å². The Morgan fingerprint density at radius 1 is 1.14 bits per heavy atom. The molecule has 0 saturated carbocycles. The Kier molecular flexibility index (Phi) is 3.35. The number of anilines is 1. The number of amides is 3. The largest absolute Gasteiger partial charge is 0.332 e. The highest BCUT2D eigenvalue weighted by atomic mass is 19.1. The van der Waals surface area contributed by atoms with Crippen LogP contribution in [0, 0.1) is 5.82 Å². The lowest BCUT2D eigenvalue weighted by Crippen LogP contribution is -2.32. The van der Waals surface area contributed by atoms with E-state index in [1.165, 1.54) is 11.1 Å². The van der Waals surface area contributed by atoms with Crippen LogP contribution in [0.15, 0.2) is 48.8 Å². The minimum absolute atomic E-state index is 0.0236.